The van der Waals surface area contributed by atoms with Gasteiger partial charge < -0.3 is 4.74 Å². The standard InChI is InChI=1S/C14H11F2N3O5S/c15-14(16)24-12-6-4-10(5-7-12)9-17-18-25(22,23)13-3-1-2-11(8-13)19(20)21/h1-9,14,18H/b17-9+. The van der Waals surface area contributed by atoms with E-state index in [1.54, 1.807) is 0 Å². The van der Waals surface area contributed by atoms with Gasteiger partial charge in [0.25, 0.3) is 15.7 Å². The number of hydrogen-bond acceptors (Lipinski definition) is 6. The molecule has 0 fully saturated rings. The third kappa shape index (κ3) is 5.21. The van der Waals surface area contributed by atoms with Crippen molar-refractivity contribution in [3.63, 3.8) is 0 Å². The summed E-state index contributed by atoms with van der Waals surface area (Å²) in [5.41, 5.74) is 0.0461. The van der Waals surface area contributed by atoms with Gasteiger partial charge in [-0.15, -0.1) is 0 Å². The molecule has 25 heavy (non-hydrogen) atoms. The summed E-state index contributed by atoms with van der Waals surface area (Å²) < 4.78 is 52.3. The van der Waals surface area contributed by atoms with Crippen molar-refractivity contribution < 1.29 is 26.9 Å². The zero-order chi connectivity index (χ0) is 18.4. The Morgan fingerprint density at radius 1 is 1.20 bits per heavy atom. The molecule has 0 saturated heterocycles. The predicted octanol–water partition coefficient (Wildman–Crippen LogP) is 2.51. The number of hydrazone groups is 1. The molecular weight excluding hydrogens is 360 g/mol. The lowest BCUT2D eigenvalue weighted by Crippen LogP contribution is -2.18. The quantitative estimate of drug-likeness (QED) is 0.457. The summed E-state index contributed by atoms with van der Waals surface area (Å²) in [6.07, 6.45) is 1.14. The molecule has 2 aromatic carbocycles. The van der Waals surface area contributed by atoms with Crippen molar-refractivity contribution in [1.29, 1.82) is 0 Å². The molecular formula is C14H11F2N3O5S. The topological polar surface area (TPSA) is 111 Å². The van der Waals surface area contributed by atoms with E-state index in [1.165, 1.54) is 36.4 Å². The molecule has 0 aliphatic heterocycles. The summed E-state index contributed by atoms with van der Waals surface area (Å²) in [7, 11) is -4.09. The molecule has 2 aromatic rings. The number of ether oxygens (including phenoxy) is 1. The van der Waals surface area contributed by atoms with Gasteiger partial charge in [-0.05, 0) is 35.9 Å². The number of sulfonamides is 1. The highest BCUT2D eigenvalue weighted by Gasteiger charge is 2.16. The first-order valence-corrected chi connectivity index (χ1v) is 8.10. The van der Waals surface area contributed by atoms with Gasteiger partial charge in [0.05, 0.1) is 16.0 Å². The van der Waals surface area contributed by atoms with Crippen molar-refractivity contribution in [2.75, 3.05) is 0 Å². The van der Waals surface area contributed by atoms with Crippen molar-refractivity contribution in [1.82, 2.24) is 4.83 Å². The molecule has 1 N–H and O–H groups in total. The summed E-state index contributed by atoms with van der Waals surface area (Å²) in [5.74, 6) is -0.0516. The Bertz CT molecular complexity index is 886. The van der Waals surface area contributed by atoms with Crippen molar-refractivity contribution in [3.05, 3.63) is 64.2 Å². The van der Waals surface area contributed by atoms with Crippen LogP contribution in [0.15, 0.2) is 58.5 Å². The summed E-state index contributed by atoms with van der Waals surface area (Å²) in [5, 5.41) is 14.2. The van der Waals surface area contributed by atoms with Gasteiger partial charge in [-0.2, -0.15) is 22.3 Å². The molecule has 0 aliphatic carbocycles. The van der Waals surface area contributed by atoms with Gasteiger partial charge in [0.1, 0.15) is 5.75 Å². The molecule has 0 heterocycles. The molecule has 0 bridgehead atoms. The maximum Gasteiger partial charge on any atom is 0.387 e. The molecule has 0 unspecified atom stereocenters. The molecule has 0 aromatic heterocycles. The average molecular weight is 371 g/mol. The lowest BCUT2D eigenvalue weighted by Gasteiger charge is -2.04. The van der Waals surface area contributed by atoms with Gasteiger partial charge in [-0.25, -0.2) is 4.83 Å². The van der Waals surface area contributed by atoms with Crippen LogP contribution in [0.2, 0.25) is 0 Å². The lowest BCUT2D eigenvalue weighted by atomic mass is 10.2. The van der Waals surface area contributed by atoms with Gasteiger partial charge in [0, 0.05) is 12.1 Å². The maximum atomic E-state index is 12.0. The zero-order valence-corrected chi connectivity index (χ0v) is 13.2. The normalized spacial score (nSPS) is 11.6. The fourth-order valence-corrected chi connectivity index (χ4v) is 2.55. The van der Waals surface area contributed by atoms with Crippen LogP contribution in [-0.4, -0.2) is 26.2 Å². The Morgan fingerprint density at radius 2 is 1.88 bits per heavy atom. The number of alkyl halides is 2. The molecule has 0 radical (unpaired) electrons. The number of benzene rings is 2. The largest absolute Gasteiger partial charge is 0.435 e. The van der Waals surface area contributed by atoms with Gasteiger partial charge in [-0.3, -0.25) is 10.1 Å². The van der Waals surface area contributed by atoms with E-state index in [9.17, 15) is 27.3 Å². The van der Waals surface area contributed by atoms with Crippen LogP contribution in [0.4, 0.5) is 14.5 Å². The van der Waals surface area contributed by atoms with Crippen LogP contribution in [0.5, 0.6) is 5.75 Å². The van der Waals surface area contributed by atoms with E-state index in [0.29, 0.717) is 5.56 Å². The molecule has 0 aliphatic rings. The monoisotopic (exact) mass is 371 g/mol. The van der Waals surface area contributed by atoms with E-state index < -0.39 is 21.6 Å². The van der Waals surface area contributed by atoms with Crippen LogP contribution < -0.4 is 9.57 Å². The number of hydrogen-bond donors (Lipinski definition) is 1. The first kappa shape index (κ1) is 18.3. The Balaban J connectivity index is 2.07. The summed E-state index contributed by atoms with van der Waals surface area (Å²) >= 11 is 0. The van der Waals surface area contributed by atoms with Crippen LogP contribution in [0.25, 0.3) is 0 Å². The summed E-state index contributed by atoms with van der Waals surface area (Å²) in [6, 6.07) is 9.79. The number of nitrogens with one attached hydrogen (secondary N) is 1. The van der Waals surface area contributed by atoms with Gasteiger partial charge in [-0.1, -0.05) is 6.07 Å². The molecule has 2 rings (SSSR count). The van der Waals surface area contributed by atoms with Crippen molar-refractivity contribution in [2.45, 2.75) is 11.5 Å². The van der Waals surface area contributed by atoms with Gasteiger partial charge in [0.15, 0.2) is 0 Å². The van der Waals surface area contributed by atoms with Crippen molar-refractivity contribution >= 4 is 21.9 Å². The van der Waals surface area contributed by atoms with E-state index in [1.807, 2.05) is 4.83 Å². The first-order chi connectivity index (χ1) is 11.8. The van der Waals surface area contributed by atoms with E-state index in [2.05, 4.69) is 9.84 Å². The minimum atomic E-state index is -4.09. The van der Waals surface area contributed by atoms with E-state index >= 15 is 0 Å². The van der Waals surface area contributed by atoms with Crippen molar-refractivity contribution in [3.8, 4) is 5.75 Å². The van der Waals surface area contributed by atoms with E-state index in [-0.39, 0.29) is 16.3 Å². The zero-order valence-electron chi connectivity index (χ0n) is 12.4. The number of rotatable bonds is 7. The van der Waals surface area contributed by atoms with E-state index in [4.69, 9.17) is 0 Å². The Hall–Kier alpha value is -3.08. The third-order valence-corrected chi connectivity index (χ3v) is 4.05. The smallest absolute Gasteiger partial charge is 0.387 e. The summed E-state index contributed by atoms with van der Waals surface area (Å²) in [4.78, 5) is 11.5. The Kier molecular flexibility index (Phi) is 5.60. The van der Waals surface area contributed by atoms with Crippen LogP contribution in [0.3, 0.4) is 0 Å². The molecule has 0 atom stereocenters. The number of nitro groups is 1. The average Bonchev–Trinajstić information content (AvgIpc) is 2.56. The molecule has 132 valence electrons. The molecule has 0 saturated carbocycles. The highest BCUT2D eigenvalue weighted by atomic mass is 32.2. The Labute approximate surface area is 140 Å². The highest BCUT2D eigenvalue weighted by molar-refractivity contribution is 7.89. The molecule has 11 heteroatoms. The first-order valence-electron chi connectivity index (χ1n) is 6.62. The second kappa shape index (κ2) is 7.66. The fourth-order valence-electron chi connectivity index (χ4n) is 1.72. The number of halogens is 2. The molecule has 0 spiro atoms. The number of nitrogens with zero attached hydrogens (tertiary/aromatic N) is 2. The minimum absolute atomic E-state index is 0.0516. The van der Waals surface area contributed by atoms with Gasteiger partial charge >= 0.3 is 6.61 Å². The van der Waals surface area contributed by atoms with Crippen LogP contribution >= 0.6 is 0 Å². The number of nitro benzene ring substituents is 1. The second-order valence-electron chi connectivity index (χ2n) is 4.55. The predicted molar refractivity (Wildman–Crippen MR) is 84.1 cm³/mol. The maximum absolute atomic E-state index is 12.0. The highest BCUT2D eigenvalue weighted by Crippen LogP contribution is 2.17. The molecule has 0 amide bonds. The van der Waals surface area contributed by atoms with Crippen LogP contribution in [0.1, 0.15) is 5.56 Å². The second-order valence-corrected chi connectivity index (χ2v) is 6.22. The van der Waals surface area contributed by atoms with Crippen LogP contribution in [0, 0.1) is 10.1 Å². The lowest BCUT2D eigenvalue weighted by molar-refractivity contribution is -0.385. The summed E-state index contributed by atoms with van der Waals surface area (Å²) in [6.45, 7) is -2.94. The minimum Gasteiger partial charge on any atom is -0.435 e. The van der Waals surface area contributed by atoms with Crippen LogP contribution in [-0.2, 0) is 10.0 Å². The SMILES string of the molecule is O=[N+]([O-])c1cccc(S(=O)(=O)N/N=C/c2ccc(OC(F)F)cc2)c1. The fraction of sp³-hybridized carbons (Fsp3) is 0.0714. The van der Waals surface area contributed by atoms with E-state index in [0.717, 1.165) is 18.3 Å². The van der Waals surface area contributed by atoms with Crippen molar-refractivity contribution in [2.24, 2.45) is 5.10 Å². The third-order valence-electron chi connectivity index (χ3n) is 2.83. The Morgan fingerprint density at radius 3 is 2.48 bits per heavy atom. The number of non-ortho nitro benzene ring substituents is 1. The molecule has 8 nitrogen and oxygen atoms in total. The van der Waals surface area contributed by atoms with Gasteiger partial charge in [0.2, 0.25) is 0 Å².